The molecule has 0 atom stereocenters. The Labute approximate surface area is 810 Å². The van der Waals surface area contributed by atoms with Gasteiger partial charge in [0.1, 0.15) is 0 Å². The van der Waals surface area contributed by atoms with E-state index in [4.69, 9.17) is 0 Å². The van der Waals surface area contributed by atoms with E-state index in [2.05, 4.69) is 207 Å². The van der Waals surface area contributed by atoms with Crippen molar-refractivity contribution in [3.63, 3.8) is 0 Å². The van der Waals surface area contributed by atoms with Crippen LogP contribution in [0.1, 0.15) is 319 Å². The number of hydrogen-bond acceptors (Lipinski definition) is 12. The van der Waals surface area contributed by atoms with Crippen molar-refractivity contribution in [1.29, 1.82) is 0 Å². The van der Waals surface area contributed by atoms with Crippen LogP contribution in [0.5, 0.6) is 0 Å². The summed E-state index contributed by atoms with van der Waals surface area (Å²) in [4.78, 5) is 110. The standard InChI is InChI=1S/C20H32N2O2.C20H32N2O.C20H34N2O.C19H32N2O.C18H30N2O.C17H28N2O/c1-5-18(23)21-12-7-13-22(15-14-21)19(24)10-9-17-16(2)8-6-11-20(17,3)4;1-16(2)21-12-7-13-22(15-14-21)19(23)10-9-18-17(3)8-6-11-20(18,4)5;1-5-12-21-13-7-14-22(16-15-21)19(23)10-9-18-17(2)8-6-11-20(18,3)4;1-5-20-12-7-13-21(15-14-20)18(22)10-9-17-16(2)8-6-11-19(17,3)4;1-15-7-5-10-18(2,3)16(15)8-9-17(21)20-12-6-11-19(4)13-14-20;1-14-6-4-9-17(2,3)15(14)7-8-16(20)19-12-5-10-18-11-13-19/h9-10H,5-8,11-15H2,1-4H3;9-10H,1,6-8,11-15H2,2-5H3;9-10H,5-8,11-16H2,1-4H3;9-10H,5-8,11-15H2,1-4H3;8-9H,5-7,10-14H2,1-4H3;7-8,18H,4-6,9-13H2,1-3H3/b4*10-9+;9-8+;8-7+. The van der Waals surface area contributed by atoms with E-state index in [0.29, 0.717) is 19.5 Å². The lowest BCUT2D eigenvalue weighted by Gasteiger charge is -2.33. The van der Waals surface area contributed by atoms with E-state index in [0.717, 1.165) is 214 Å². The maximum absolute atomic E-state index is 12.6. The molecule has 19 nitrogen and oxygen atoms in total. The number of carbonyl (C=O) groups excluding carboxylic acids is 7. The van der Waals surface area contributed by atoms with Crippen LogP contribution in [0.3, 0.4) is 0 Å². The molecule has 0 radical (unpaired) electrons. The minimum atomic E-state index is 0.0717. The van der Waals surface area contributed by atoms with Crippen molar-refractivity contribution in [3.05, 3.63) is 152 Å². The van der Waals surface area contributed by atoms with E-state index in [1.807, 2.05) is 66.4 Å². The summed E-state index contributed by atoms with van der Waals surface area (Å²) < 4.78 is 0. The molecule has 746 valence electrons. The summed E-state index contributed by atoms with van der Waals surface area (Å²) in [5.74, 6) is 1.11. The van der Waals surface area contributed by atoms with Crippen LogP contribution >= 0.6 is 0 Å². The van der Waals surface area contributed by atoms with Gasteiger partial charge in [-0.15, -0.1) is 0 Å². The second-order valence-electron chi connectivity index (χ2n) is 44.4. The summed E-state index contributed by atoms with van der Waals surface area (Å²) in [6.07, 6.45) is 52.9. The number of carbonyl (C=O) groups is 7. The fourth-order valence-corrected chi connectivity index (χ4v) is 22.3. The third kappa shape index (κ3) is 36.1. The van der Waals surface area contributed by atoms with Crippen LogP contribution in [0.2, 0.25) is 0 Å². The molecule has 6 saturated heterocycles. The number of amides is 7. The van der Waals surface area contributed by atoms with Gasteiger partial charge in [0.2, 0.25) is 41.4 Å². The molecule has 12 rings (SSSR count). The highest BCUT2D eigenvalue weighted by molar-refractivity contribution is 5.91. The molecule has 6 aliphatic heterocycles. The Morgan fingerprint density at radius 3 is 0.842 bits per heavy atom. The maximum Gasteiger partial charge on any atom is 0.246 e. The number of hydrogen-bond donors (Lipinski definition) is 1. The second kappa shape index (κ2) is 54.6. The molecule has 6 fully saturated rings. The summed E-state index contributed by atoms with van der Waals surface area (Å²) in [6, 6.07) is 0. The van der Waals surface area contributed by atoms with Crippen molar-refractivity contribution in [3.8, 4) is 0 Å². The Morgan fingerprint density at radius 2 is 0.541 bits per heavy atom. The van der Waals surface area contributed by atoms with Crippen molar-refractivity contribution in [2.45, 2.75) is 319 Å². The number of rotatable bonds is 17. The molecule has 0 spiro atoms. The average molecular weight is 1840 g/mol. The Bertz CT molecular complexity index is 4250. The lowest BCUT2D eigenvalue weighted by Crippen LogP contribution is -2.36. The lowest BCUT2D eigenvalue weighted by molar-refractivity contribution is -0.131. The molecule has 133 heavy (non-hydrogen) atoms. The van der Waals surface area contributed by atoms with Gasteiger partial charge in [0, 0.05) is 179 Å². The van der Waals surface area contributed by atoms with Crippen LogP contribution in [-0.2, 0) is 33.6 Å². The molecule has 6 heterocycles. The number of allylic oxidation sites excluding steroid dienone is 19. The van der Waals surface area contributed by atoms with E-state index in [9.17, 15) is 33.6 Å². The Morgan fingerprint density at radius 1 is 0.293 bits per heavy atom. The predicted octanol–water partition coefficient (Wildman–Crippen LogP) is 21.4. The first-order valence-electron chi connectivity index (χ1n) is 52.5. The zero-order valence-corrected chi connectivity index (χ0v) is 88.7. The normalized spacial score (nSPS) is 23.3. The van der Waals surface area contributed by atoms with Crippen LogP contribution in [0.15, 0.2) is 152 Å². The first-order valence-corrected chi connectivity index (χ1v) is 52.5. The minimum absolute atomic E-state index is 0.0717. The third-order valence-electron chi connectivity index (χ3n) is 30.9. The number of nitrogens with zero attached hydrogens (tertiary/aromatic N) is 11. The molecule has 0 unspecified atom stereocenters. The summed E-state index contributed by atoms with van der Waals surface area (Å²) >= 11 is 0. The van der Waals surface area contributed by atoms with Gasteiger partial charge in [0.05, 0.1) is 0 Å². The van der Waals surface area contributed by atoms with Gasteiger partial charge < -0.3 is 59.2 Å². The molecule has 0 aromatic rings. The van der Waals surface area contributed by atoms with Crippen molar-refractivity contribution in [2.24, 2.45) is 32.5 Å². The molecule has 0 saturated carbocycles. The smallest absolute Gasteiger partial charge is 0.246 e. The molecule has 6 aliphatic carbocycles. The van der Waals surface area contributed by atoms with Crippen molar-refractivity contribution >= 4 is 41.4 Å². The highest BCUT2D eigenvalue weighted by atomic mass is 16.2. The molecule has 1 N–H and O–H groups in total. The topological polar surface area (TPSA) is 167 Å². The number of nitrogens with one attached hydrogen (secondary N) is 1. The fraction of sp³-hybridized carbons (Fsp3) is 0.711. The molecule has 12 aliphatic rings. The second-order valence-corrected chi connectivity index (χ2v) is 44.4. The van der Waals surface area contributed by atoms with Crippen LogP contribution in [0.25, 0.3) is 0 Å². The van der Waals surface area contributed by atoms with Gasteiger partial charge in [-0.1, -0.05) is 180 Å². The number of likely N-dealkylation sites (N-methyl/N-ethyl adjacent to an activating group) is 2. The van der Waals surface area contributed by atoms with Gasteiger partial charge in [-0.2, -0.15) is 0 Å². The zero-order valence-electron chi connectivity index (χ0n) is 88.7. The molecule has 19 heteroatoms. The molecule has 0 bridgehead atoms. The van der Waals surface area contributed by atoms with E-state index >= 15 is 0 Å². The molecular weight excluding hydrogens is 1650 g/mol. The molecule has 0 aromatic heterocycles. The minimum Gasteiger partial charge on any atom is -0.374 e. The van der Waals surface area contributed by atoms with Crippen molar-refractivity contribution in [2.75, 3.05) is 177 Å². The first kappa shape index (κ1) is 113. The van der Waals surface area contributed by atoms with Crippen molar-refractivity contribution in [1.82, 2.24) is 59.2 Å². The molecule has 7 amide bonds. The van der Waals surface area contributed by atoms with Crippen LogP contribution in [-0.4, -0.2) is 272 Å². The summed E-state index contributed by atoms with van der Waals surface area (Å²) in [5.41, 5.74) is 19.1. The summed E-state index contributed by atoms with van der Waals surface area (Å²) in [5, 5.41) is 3.33. The van der Waals surface area contributed by atoms with Gasteiger partial charge in [-0.25, -0.2) is 0 Å². The zero-order chi connectivity index (χ0) is 97.9. The van der Waals surface area contributed by atoms with Crippen LogP contribution in [0.4, 0.5) is 0 Å². The first-order chi connectivity index (χ1) is 62.9. The van der Waals surface area contributed by atoms with Crippen molar-refractivity contribution < 1.29 is 33.6 Å². The lowest BCUT2D eigenvalue weighted by atomic mass is 9.72. The van der Waals surface area contributed by atoms with Gasteiger partial charge in [-0.3, -0.25) is 33.6 Å². The van der Waals surface area contributed by atoms with Gasteiger partial charge in [0.25, 0.3) is 0 Å². The summed E-state index contributed by atoms with van der Waals surface area (Å²) in [7, 11) is 2.13. The Hall–Kier alpha value is -7.45. The summed E-state index contributed by atoms with van der Waals surface area (Å²) in [6.45, 7) is 76.8. The van der Waals surface area contributed by atoms with E-state index < -0.39 is 0 Å². The molecular formula is C114H188N12O7. The van der Waals surface area contributed by atoms with Gasteiger partial charge in [-0.05, 0) is 321 Å². The van der Waals surface area contributed by atoms with E-state index in [-0.39, 0.29) is 73.8 Å². The van der Waals surface area contributed by atoms with Gasteiger partial charge >= 0.3 is 0 Å². The van der Waals surface area contributed by atoms with E-state index in [1.54, 1.807) is 24.3 Å². The largest absolute Gasteiger partial charge is 0.374 e. The Kier molecular flexibility index (Phi) is 46.2. The fourth-order valence-electron chi connectivity index (χ4n) is 22.3. The van der Waals surface area contributed by atoms with Crippen LogP contribution < -0.4 is 5.32 Å². The van der Waals surface area contributed by atoms with Crippen LogP contribution in [0, 0.1) is 32.5 Å². The third-order valence-corrected chi connectivity index (χ3v) is 30.9. The average Bonchev–Trinajstić information content (AvgIpc) is 1.83. The molecule has 0 aromatic carbocycles. The quantitative estimate of drug-likeness (QED) is 0.137. The van der Waals surface area contributed by atoms with E-state index in [1.165, 1.54) is 176 Å². The SMILES string of the molecule is C=C(C)N1CCCN(C(=O)/C=C/C2=C(C)CCCC2(C)C)CC1.CC1=C(/C=C/C(=O)N2CCCN(C)CC2)C(C)(C)CCC1.CC1=C(/C=C/C(=O)N2CCCNCC2)C(C)(C)CCC1.CCC(=O)N1CCCN(C(=O)/C=C/C2=C(C)CCCC2(C)C)CC1.CCCN1CCCN(C(=O)/C=C/C2=C(C)CCCC2(C)C)CC1.CCN1CCCN(C(=O)/C=C/C2=C(C)CCCC2(C)C)CC1. The monoisotopic (exact) mass is 1840 g/mol. The highest BCUT2D eigenvalue weighted by Gasteiger charge is 2.35. The predicted molar refractivity (Wildman–Crippen MR) is 556 cm³/mol. The maximum atomic E-state index is 12.6. The highest BCUT2D eigenvalue weighted by Crippen LogP contribution is 2.46. The Balaban J connectivity index is 0.000000218. The van der Waals surface area contributed by atoms with Gasteiger partial charge in [0.15, 0.2) is 0 Å².